The maximum atomic E-state index is 13.8. The van der Waals surface area contributed by atoms with E-state index in [0.717, 1.165) is 16.6 Å². The number of anilines is 2. The van der Waals surface area contributed by atoms with Gasteiger partial charge in [0.1, 0.15) is 11.6 Å². The molecule has 0 aliphatic carbocycles. The first-order chi connectivity index (χ1) is 13.1. The van der Waals surface area contributed by atoms with E-state index in [-0.39, 0.29) is 5.75 Å². The van der Waals surface area contributed by atoms with Gasteiger partial charge in [-0.1, -0.05) is 18.2 Å². The van der Waals surface area contributed by atoms with Gasteiger partial charge in [0, 0.05) is 27.8 Å². The van der Waals surface area contributed by atoms with Crippen molar-refractivity contribution in [3.05, 3.63) is 78.6 Å². The van der Waals surface area contributed by atoms with E-state index in [1.54, 1.807) is 18.2 Å². The number of aromatic nitrogens is 1. The van der Waals surface area contributed by atoms with Crippen LogP contribution in [0.15, 0.2) is 72.8 Å². The van der Waals surface area contributed by atoms with Crippen LogP contribution in [0.3, 0.4) is 0 Å². The van der Waals surface area contributed by atoms with Crippen LogP contribution < -0.4 is 10.6 Å². The lowest BCUT2D eigenvalue weighted by atomic mass is 10.1. The fraction of sp³-hybridized carbons (Fsp3) is 0. The molecule has 3 aromatic carbocycles. The highest BCUT2D eigenvalue weighted by Crippen LogP contribution is 2.31. The van der Waals surface area contributed by atoms with Gasteiger partial charge in [0.25, 0.3) is 0 Å². The molecule has 0 spiro atoms. The topological polar surface area (TPSA) is 77.2 Å². The minimum absolute atomic E-state index is 0.104. The smallest absolute Gasteiger partial charge is 0.323 e. The number of rotatable bonds is 3. The highest BCUT2D eigenvalue weighted by atomic mass is 19.1. The van der Waals surface area contributed by atoms with E-state index >= 15 is 0 Å². The molecule has 5 nitrogen and oxygen atoms in total. The molecule has 0 radical (unpaired) electrons. The van der Waals surface area contributed by atoms with Gasteiger partial charge in [-0.2, -0.15) is 0 Å². The van der Waals surface area contributed by atoms with Gasteiger partial charge in [0.2, 0.25) is 0 Å². The Kier molecular flexibility index (Phi) is 4.22. The first-order valence-corrected chi connectivity index (χ1v) is 8.33. The molecular formula is C21H16FN3O2. The number of aromatic hydroxyl groups is 1. The maximum Gasteiger partial charge on any atom is 0.323 e. The molecule has 4 aromatic rings. The molecule has 1 aromatic heterocycles. The summed E-state index contributed by atoms with van der Waals surface area (Å²) in [5.41, 5.74) is 3.26. The number of fused-ring (bicyclic) bond motifs is 1. The Morgan fingerprint density at radius 1 is 0.926 bits per heavy atom. The zero-order chi connectivity index (χ0) is 18.8. The normalized spacial score (nSPS) is 10.7. The lowest BCUT2D eigenvalue weighted by Gasteiger charge is -2.12. The van der Waals surface area contributed by atoms with Gasteiger partial charge in [0.05, 0.1) is 5.69 Å². The van der Waals surface area contributed by atoms with Gasteiger partial charge in [-0.05, 0) is 54.6 Å². The fourth-order valence-electron chi connectivity index (χ4n) is 2.90. The van der Waals surface area contributed by atoms with Crippen LogP contribution >= 0.6 is 0 Å². The Labute approximate surface area is 154 Å². The molecule has 0 aliphatic heterocycles. The second-order valence-corrected chi connectivity index (χ2v) is 6.09. The third-order valence-corrected chi connectivity index (χ3v) is 4.18. The predicted octanol–water partition coefficient (Wildman–Crippen LogP) is 5.32. The molecule has 0 aliphatic rings. The van der Waals surface area contributed by atoms with Crippen molar-refractivity contribution in [3.63, 3.8) is 0 Å². The monoisotopic (exact) mass is 361 g/mol. The quantitative estimate of drug-likeness (QED) is 0.373. The number of nitrogens with one attached hydrogen (secondary N) is 3. The van der Waals surface area contributed by atoms with E-state index in [4.69, 9.17) is 0 Å². The number of hydrogen-bond donors (Lipinski definition) is 4. The van der Waals surface area contributed by atoms with Crippen LogP contribution in [0.25, 0.3) is 22.2 Å². The van der Waals surface area contributed by atoms with E-state index in [2.05, 4.69) is 15.6 Å². The third-order valence-electron chi connectivity index (χ3n) is 4.18. The molecule has 27 heavy (non-hydrogen) atoms. The van der Waals surface area contributed by atoms with Crippen LogP contribution in [0.5, 0.6) is 5.75 Å². The highest BCUT2D eigenvalue weighted by molar-refractivity contribution is 6.02. The second-order valence-electron chi connectivity index (χ2n) is 6.09. The first kappa shape index (κ1) is 16.7. The number of carbonyl (C=O) groups is 1. The Morgan fingerprint density at radius 3 is 2.48 bits per heavy atom. The van der Waals surface area contributed by atoms with Crippen LogP contribution in [0.1, 0.15) is 0 Å². The van der Waals surface area contributed by atoms with Crippen LogP contribution in [0.2, 0.25) is 0 Å². The lowest BCUT2D eigenvalue weighted by molar-refractivity contribution is 0.262. The van der Waals surface area contributed by atoms with Gasteiger partial charge in [-0.25, -0.2) is 9.18 Å². The molecule has 0 saturated carbocycles. The summed E-state index contributed by atoms with van der Waals surface area (Å²) in [7, 11) is 0. The van der Waals surface area contributed by atoms with Gasteiger partial charge in [-0.15, -0.1) is 0 Å². The molecule has 134 valence electrons. The van der Waals surface area contributed by atoms with Crippen molar-refractivity contribution in [2.45, 2.75) is 0 Å². The number of H-pyrrole nitrogens is 1. The summed E-state index contributed by atoms with van der Waals surface area (Å²) in [6, 6.07) is 19.6. The number of carbonyl (C=O) groups excluding carboxylic acids is 1. The standard InChI is InChI=1S/C21H16FN3O2/c22-14-5-10-17(19-11-13-3-1-2-4-18(13)24-19)20(12-14)25-21(27)23-15-6-8-16(26)9-7-15/h1-12,24,26H,(H2,23,25,27). The summed E-state index contributed by atoms with van der Waals surface area (Å²) < 4.78 is 13.8. The zero-order valence-electron chi connectivity index (χ0n) is 14.2. The van der Waals surface area contributed by atoms with Gasteiger partial charge in [-0.3, -0.25) is 0 Å². The summed E-state index contributed by atoms with van der Waals surface area (Å²) in [6.45, 7) is 0. The Hall–Kier alpha value is -3.80. The van der Waals surface area contributed by atoms with E-state index in [1.807, 2.05) is 30.3 Å². The van der Waals surface area contributed by atoms with E-state index in [0.29, 0.717) is 16.9 Å². The molecule has 4 rings (SSSR count). The van der Waals surface area contributed by atoms with Crippen molar-refractivity contribution >= 4 is 28.3 Å². The molecule has 0 atom stereocenters. The van der Waals surface area contributed by atoms with E-state index in [9.17, 15) is 14.3 Å². The lowest BCUT2D eigenvalue weighted by Crippen LogP contribution is -2.19. The highest BCUT2D eigenvalue weighted by Gasteiger charge is 2.12. The van der Waals surface area contributed by atoms with Crippen molar-refractivity contribution in [1.29, 1.82) is 0 Å². The minimum atomic E-state index is -0.511. The zero-order valence-corrected chi connectivity index (χ0v) is 14.2. The molecule has 0 unspecified atom stereocenters. The fourth-order valence-corrected chi connectivity index (χ4v) is 2.90. The molecule has 2 amide bonds. The minimum Gasteiger partial charge on any atom is -0.508 e. The molecule has 0 bridgehead atoms. The Bertz CT molecular complexity index is 1090. The number of phenols is 1. The number of para-hydroxylation sites is 1. The third kappa shape index (κ3) is 3.59. The Balaban J connectivity index is 1.63. The average molecular weight is 361 g/mol. The van der Waals surface area contributed by atoms with Crippen LogP contribution in [0.4, 0.5) is 20.6 Å². The van der Waals surface area contributed by atoms with Crippen molar-refractivity contribution in [2.75, 3.05) is 10.6 Å². The molecule has 0 fully saturated rings. The maximum absolute atomic E-state index is 13.8. The molecule has 0 saturated heterocycles. The number of halogens is 1. The number of aromatic amines is 1. The molecule has 6 heteroatoms. The van der Waals surface area contributed by atoms with Gasteiger partial charge in [0.15, 0.2) is 0 Å². The number of benzene rings is 3. The predicted molar refractivity (Wildman–Crippen MR) is 104 cm³/mol. The summed E-state index contributed by atoms with van der Waals surface area (Å²) in [5, 5.41) is 15.7. The van der Waals surface area contributed by atoms with E-state index < -0.39 is 11.8 Å². The van der Waals surface area contributed by atoms with Crippen LogP contribution in [0, 0.1) is 5.82 Å². The van der Waals surface area contributed by atoms with Gasteiger partial charge < -0.3 is 20.7 Å². The Morgan fingerprint density at radius 2 is 1.70 bits per heavy atom. The van der Waals surface area contributed by atoms with E-state index in [1.165, 1.54) is 24.3 Å². The van der Waals surface area contributed by atoms with Crippen LogP contribution in [-0.2, 0) is 0 Å². The summed E-state index contributed by atoms with van der Waals surface area (Å²) in [4.78, 5) is 15.6. The first-order valence-electron chi connectivity index (χ1n) is 8.33. The van der Waals surface area contributed by atoms with Crippen molar-refractivity contribution in [1.82, 2.24) is 4.98 Å². The number of amides is 2. The largest absolute Gasteiger partial charge is 0.508 e. The molecule has 1 heterocycles. The molecule has 4 N–H and O–H groups in total. The van der Waals surface area contributed by atoms with Crippen molar-refractivity contribution < 1.29 is 14.3 Å². The average Bonchev–Trinajstić information content (AvgIpc) is 3.07. The summed E-state index contributed by atoms with van der Waals surface area (Å²) in [5.74, 6) is -0.345. The molecular weight excluding hydrogens is 345 g/mol. The number of hydrogen-bond acceptors (Lipinski definition) is 2. The number of urea groups is 1. The van der Waals surface area contributed by atoms with Gasteiger partial charge >= 0.3 is 6.03 Å². The second kappa shape index (κ2) is 6.84. The summed E-state index contributed by atoms with van der Waals surface area (Å²) in [6.07, 6.45) is 0. The van der Waals surface area contributed by atoms with Crippen molar-refractivity contribution in [3.8, 4) is 17.0 Å². The van der Waals surface area contributed by atoms with Crippen LogP contribution in [-0.4, -0.2) is 16.1 Å². The SMILES string of the molecule is O=C(Nc1ccc(O)cc1)Nc1cc(F)ccc1-c1cc2ccccc2[nH]1. The summed E-state index contributed by atoms with van der Waals surface area (Å²) >= 11 is 0. The number of phenolic OH excluding ortho intramolecular Hbond substituents is 1. The van der Waals surface area contributed by atoms with Crippen molar-refractivity contribution in [2.24, 2.45) is 0 Å².